The van der Waals surface area contributed by atoms with Gasteiger partial charge in [-0.05, 0) is 19.8 Å². The molecule has 0 aromatic carbocycles. The van der Waals surface area contributed by atoms with Gasteiger partial charge in [0.05, 0.1) is 29.0 Å². The topological polar surface area (TPSA) is 118 Å². The fourth-order valence-corrected chi connectivity index (χ4v) is 2.13. The van der Waals surface area contributed by atoms with Crippen LogP contribution in [0, 0.1) is 18.3 Å². The van der Waals surface area contributed by atoms with E-state index in [9.17, 15) is 4.79 Å². The molecule has 0 saturated carbocycles. The minimum Gasteiger partial charge on any atom is -0.478 e. The number of nitriles is 1. The second-order valence-corrected chi connectivity index (χ2v) is 4.51. The van der Waals surface area contributed by atoms with Crippen LogP contribution in [0.3, 0.4) is 0 Å². The average molecular weight is 273 g/mol. The molecule has 7 nitrogen and oxygen atoms in total. The molecule has 0 amide bonds. The molecule has 0 unspecified atom stereocenters. The predicted octanol–water partition coefficient (Wildman–Crippen LogP) is 1.71. The Balaban J connectivity index is 2.37. The highest BCUT2D eigenvalue weighted by Crippen LogP contribution is 2.25. The maximum absolute atomic E-state index is 11.2. The second kappa shape index (κ2) is 5.57. The van der Waals surface area contributed by atoms with E-state index in [2.05, 4.69) is 16.2 Å². The van der Waals surface area contributed by atoms with Crippen LogP contribution in [0.2, 0.25) is 0 Å². The van der Waals surface area contributed by atoms with E-state index in [1.54, 1.807) is 11.6 Å². The molecule has 7 heteroatoms. The van der Waals surface area contributed by atoms with Gasteiger partial charge in [-0.2, -0.15) is 10.4 Å². The van der Waals surface area contributed by atoms with E-state index in [0.717, 1.165) is 12.8 Å². The van der Waals surface area contributed by atoms with Gasteiger partial charge < -0.3 is 10.8 Å². The van der Waals surface area contributed by atoms with Crippen molar-refractivity contribution in [1.82, 2.24) is 14.8 Å². The van der Waals surface area contributed by atoms with Crippen molar-refractivity contribution in [2.45, 2.75) is 32.7 Å². The number of carboxylic acid groups (broad SMARTS) is 1. The SMILES string of the molecule is Cc1nc2c(cnn2CCCCC#N)c(N)c1C(=O)O. The Bertz CT molecular complexity index is 699. The van der Waals surface area contributed by atoms with Crippen LogP contribution in [0.15, 0.2) is 6.20 Å². The lowest BCUT2D eigenvalue weighted by molar-refractivity contribution is 0.0697. The Morgan fingerprint density at radius 2 is 2.30 bits per heavy atom. The average Bonchev–Trinajstić information content (AvgIpc) is 2.77. The molecule has 0 aliphatic rings. The molecule has 2 aromatic heterocycles. The van der Waals surface area contributed by atoms with Crippen molar-refractivity contribution in [2.24, 2.45) is 0 Å². The van der Waals surface area contributed by atoms with E-state index >= 15 is 0 Å². The number of aromatic carboxylic acids is 1. The highest BCUT2D eigenvalue weighted by atomic mass is 16.4. The zero-order chi connectivity index (χ0) is 14.7. The molecule has 104 valence electrons. The van der Waals surface area contributed by atoms with E-state index < -0.39 is 5.97 Å². The monoisotopic (exact) mass is 273 g/mol. The molecule has 2 heterocycles. The van der Waals surface area contributed by atoms with Gasteiger partial charge in [0, 0.05) is 13.0 Å². The van der Waals surface area contributed by atoms with Crippen LogP contribution in [0.25, 0.3) is 11.0 Å². The molecule has 0 aliphatic heterocycles. The number of hydrogen-bond donors (Lipinski definition) is 2. The van der Waals surface area contributed by atoms with Gasteiger partial charge in [-0.15, -0.1) is 0 Å². The number of nitrogen functional groups attached to an aromatic ring is 1. The van der Waals surface area contributed by atoms with Crippen molar-refractivity contribution in [3.63, 3.8) is 0 Å². The number of pyridine rings is 1. The van der Waals surface area contributed by atoms with Gasteiger partial charge in [-0.25, -0.2) is 14.5 Å². The number of carbonyl (C=O) groups is 1. The molecule has 20 heavy (non-hydrogen) atoms. The fraction of sp³-hybridized carbons (Fsp3) is 0.385. The fourth-order valence-electron chi connectivity index (χ4n) is 2.13. The Kier molecular flexibility index (Phi) is 3.84. The number of fused-ring (bicyclic) bond motifs is 1. The number of hydrogen-bond acceptors (Lipinski definition) is 5. The molecule has 2 aromatic rings. The predicted molar refractivity (Wildman–Crippen MR) is 73.1 cm³/mol. The highest BCUT2D eigenvalue weighted by Gasteiger charge is 2.18. The number of rotatable bonds is 5. The summed E-state index contributed by atoms with van der Waals surface area (Å²) in [5.74, 6) is -1.09. The molecule has 0 radical (unpaired) electrons. The summed E-state index contributed by atoms with van der Waals surface area (Å²) in [6.07, 6.45) is 3.65. The maximum Gasteiger partial charge on any atom is 0.339 e. The Hall–Kier alpha value is -2.62. The largest absolute Gasteiger partial charge is 0.478 e. The van der Waals surface area contributed by atoms with Crippen LogP contribution in [-0.2, 0) is 6.54 Å². The van der Waals surface area contributed by atoms with Crippen LogP contribution in [0.4, 0.5) is 5.69 Å². The van der Waals surface area contributed by atoms with Crippen LogP contribution in [0.1, 0.15) is 35.3 Å². The zero-order valence-corrected chi connectivity index (χ0v) is 11.1. The standard InChI is InChI=1S/C13H15N5O2/c1-8-10(13(19)20)11(15)9-7-16-18(12(9)17-8)6-4-2-3-5-14/h7H,2-4,6H2,1H3,(H2,15,17)(H,19,20). The normalized spacial score (nSPS) is 10.6. The Labute approximate surface area is 115 Å². The van der Waals surface area contributed by atoms with Gasteiger partial charge in [-0.3, -0.25) is 0 Å². The van der Waals surface area contributed by atoms with Crippen molar-refractivity contribution in [3.05, 3.63) is 17.5 Å². The van der Waals surface area contributed by atoms with Crippen molar-refractivity contribution in [2.75, 3.05) is 5.73 Å². The molecule has 0 fully saturated rings. The summed E-state index contributed by atoms with van der Waals surface area (Å²) in [6, 6.07) is 2.09. The van der Waals surface area contributed by atoms with Crippen molar-refractivity contribution >= 4 is 22.7 Å². The number of carboxylic acids is 1. The minimum atomic E-state index is -1.09. The van der Waals surface area contributed by atoms with E-state index in [1.807, 2.05) is 0 Å². The summed E-state index contributed by atoms with van der Waals surface area (Å²) in [4.78, 5) is 15.5. The molecule has 0 aliphatic carbocycles. The van der Waals surface area contributed by atoms with E-state index in [4.69, 9.17) is 16.1 Å². The number of unbranched alkanes of at least 4 members (excludes halogenated alkanes) is 2. The number of nitrogens with two attached hydrogens (primary N) is 1. The number of aryl methyl sites for hydroxylation is 2. The molecule has 3 N–H and O–H groups in total. The Morgan fingerprint density at radius 1 is 1.55 bits per heavy atom. The summed E-state index contributed by atoms with van der Waals surface area (Å²) in [5, 5.41) is 22.4. The molecular weight excluding hydrogens is 258 g/mol. The van der Waals surface area contributed by atoms with Crippen LogP contribution >= 0.6 is 0 Å². The first-order valence-corrected chi connectivity index (χ1v) is 6.28. The molecule has 2 rings (SSSR count). The first kappa shape index (κ1) is 13.8. The van der Waals surface area contributed by atoms with Crippen LogP contribution in [-0.4, -0.2) is 25.8 Å². The van der Waals surface area contributed by atoms with Gasteiger partial charge in [-0.1, -0.05) is 0 Å². The van der Waals surface area contributed by atoms with Gasteiger partial charge in [0.1, 0.15) is 5.56 Å². The molecule has 0 atom stereocenters. The van der Waals surface area contributed by atoms with Gasteiger partial charge in [0.25, 0.3) is 0 Å². The first-order chi connectivity index (χ1) is 9.56. The Morgan fingerprint density at radius 3 is 2.95 bits per heavy atom. The van der Waals surface area contributed by atoms with E-state index in [1.165, 1.54) is 6.20 Å². The van der Waals surface area contributed by atoms with Crippen LogP contribution < -0.4 is 5.73 Å². The summed E-state index contributed by atoms with van der Waals surface area (Å²) in [5.41, 5.74) is 7.08. The van der Waals surface area contributed by atoms with Crippen LogP contribution in [0.5, 0.6) is 0 Å². The van der Waals surface area contributed by atoms with Gasteiger partial charge >= 0.3 is 5.97 Å². The lowest BCUT2D eigenvalue weighted by atomic mass is 10.1. The second-order valence-electron chi connectivity index (χ2n) is 4.51. The molecule has 0 saturated heterocycles. The third-order valence-corrected chi connectivity index (χ3v) is 3.13. The molecular formula is C13H15N5O2. The third kappa shape index (κ3) is 2.40. The lowest BCUT2D eigenvalue weighted by Gasteiger charge is -2.07. The molecule has 0 spiro atoms. The summed E-state index contributed by atoms with van der Waals surface area (Å²) >= 11 is 0. The number of aromatic nitrogens is 3. The highest BCUT2D eigenvalue weighted by molar-refractivity contribution is 6.03. The van der Waals surface area contributed by atoms with Crippen molar-refractivity contribution < 1.29 is 9.90 Å². The molecule has 0 bridgehead atoms. The summed E-state index contributed by atoms with van der Waals surface area (Å²) < 4.78 is 1.70. The maximum atomic E-state index is 11.2. The quantitative estimate of drug-likeness (QED) is 0.800. The minimum absolute atomic E-state index is 0.0292. The number of nitrogens with zero attached hydrogens (tertiary/aromatic N) is 4. The zero-order valence-electron chi connectivity index (χ0n) is 11.1. The summed E-state index contributed by atoms with van der Waals surface area (Å²) in [7, 11) is 0. The lowest BCUT2D eigenvalue weighted by Crippen LogP contribution is -2.09. The van der Waals surface area contributed by atoms with Gasteiger partial charge in [0.2, 0.25) is 0 Å². The first-order valence-electron chi connectivity index (χ1n) is 6.28. The smallest absolute Gasteiger partial charge is 0.339 e. The van der Waals surface area contributed by atoms with Gasteiger partial charge in [0.15, 0.2) is 5.65 Å². The third-order valence-electron chi connectivity index (χ3n) is 3.13. The van der Waals surface area contributed by atoms with E-state index in [-0.39, 0.29) is 11.3 Å². The summed E-state index contributed by atoms with van der Waals surface area (Å²) in [6.45, 7) is 2.25. The van der Waals surface area contributed by atoms with Crippen molar-refractivity contribution in [3.8, 4) is 6.07 Å². The van der Waals surface area contributed by atoms with Crippen molar-refractivity contribution in [1.29, 1.82) is 5.26 Å². The van der Waals surface area contributed by atoms with E-state index in [0.29, 0.717) is 29.7 Å². The number of anilines is 1.